The van der Waals surface area contributed by atoms with Crippen LogP contribution in [0.15, 0.2) is 60.7 Å². The van der Waals surface area contributed by atoms with Crippen LogP contribution in [0.5, 0.6) is 0 Å². The smallest absolute Gasteiger partial charge is 0.261 e. The normalized spacial score (nSPS) is 18.6. The maximum absolute atomic E-state index is 12.0. The zero-order valence-electron chi connectivity index (χ0n) is 16.7. The predicted octanol–water partition coefficient (Wildman–Crippen LogP) is 3.62. The van der Waals surface area contributed by atoms with Gasteiger partial charge < -0.3 is 9.74 Å². The lowest BCUT2D eigenvalue weighted by Crippen LogP contribution is -2.67. The van der Waals surface area contributed by atoms with E-state index in [0.29, 0.717) is 13.0 Å². The maximum atomic E-state index is 12.0. The summed E-state index contributed by atoms with van der Waals surface area (Å²) in [7, 11) is -2.52. The van der Waals surface area contributed by atoms with E-state index in [9.17, 15) is 4.79 Å². The minimum atomic E-state index is -2.52. The SMILES string of the molecule is CC(C)(C)[Si](OC[C@@H]1CCCCC(=O)N1)(c1ccccc1)c1ccccc1. The number of carbonyl (C=O) groups excluding carboxylic acids is 1. The minimum Gasteiger partial charge on any atom is -0.405 e. The third-order valence-corrected chi connectivity index (χ3v) is 10.5. The van der Waals surface area contributed by atoms with Crippen molar-refractivity contribution in [1.82, 2.24) is 5.32 Å². The lowest BCUT2D eigenvalue weighted by atomic mass is 10.1. The Morgan fingerprint density at radius 3 is 2.04 bits per heavy atom. The maximum Gasteiger partial charge on any atom is 0.261 e. The van der Waals surface area contributed by atoms with E-state index in [0.717, 1.165) is 19.3 Å². The van der Waals surface area contributed by atoms with Gasteiger partial charge in [0.05, 0.1) is 12.6 Å². The summed E-state index contributed by atoms with van der Waals surface area (Å²) in [6, 6.07) is 21.4. The summed E-state index contributed by atoms with van der Waals surface area (Å²) in [5.41, 5.74) is 0. The Morgan fingerprint density at radius 2 is 1.52 bits per heavy atom. The molecule has 0 spiro atoms. The van der Waals surface area contributed by atoms with Gasteiger partial charge in [0.1, 0.15) is 0 Å². The molecule has 1 aliphatic heterocycles. The first kappa shape index (κ1) is 19.8. The van der Waals surface area contributed by atoms with Gasteiger partial charge in [-0.25, -0.2) is 0 Å². The highest BCUT2D eigenvalue weighted by atomic mass is 28.4. The van der Waals surface area contributed by atoms with Crippen LogP contribution in [0.2, 0.25) is 5.04 Å². The quantitative estimate of drug-likeness (QED) is 0.804. The summed E-state index contributed by atoms with van der Waals surface area (Å²) in [6.45, 7) is 7.42. The van der Waals surface area contributed by atoms with Gasteiger partial charge in [-0.15, -0.1) is 0 Å². The highest BCUT2D eigenvalue weighted by Gasteiger charge is 2.50. The number of benzene rings is 2. The molecule has 0 aliphatic carbocycles. The van der Waals surface area contributed by atoms with Crippen LogP contribution >= 0.6 is 0 Å². The van der Waals surface area contributed by atoms with Crippen molar-refractivity contribution >= 4 is 24.6 Å². The van der Waals surface area contributed by atoms with Gasteiger partial charge >= 0.3 is 0 Å². The molecule has 0 saturated carbocycles. The van der Waals surface area contributed by atoms with Crippen LogP contribution < -0.4 is 15.7 Å². The van der Waals surface area contributed by atoms with E-state index in [2.05, 4.69) is 86.8 Å². The minimum absolute atomic E-state index is 0.0373. The summed E-state index contributed by atoms with van der Waals surface area (Å²) >= 11 is 0. The van der Waals surface area contributed by atoms with Gasteiger partial charge in [-0.1, -0.05) is 87.9 Å². The number of hydrogen-bond acceptors (Lipinski definition) is 2. The van der Waals surface area contributed by atoms with Crippen LogP contribution in [0.4, 0.5) is 0 Å². The van der Waals surface area contributed by atoms with E-state index in [1.165, 1.54) is 10.4 Å². The first-order valence-electron chi connectivity index (χ1n) is 9.98. The summed E-state index contributed by atoms with van der Waals surface area (Å²) < 4.78 is 6.93. The summed E-state index contributed by atoms with van der Waals surface area (Å²) in [5.74, 6) is 0.156. The molecule has 3 rings (SSSR count). The van der Waals surface area contributed by atoms with Crippen LogP contribution in [-0.2, 0) is 9.22 Å². The van der Waals surface area contributed by atoms with Gasteiger partial charge in [0.15, 0.2) is 0 Å². The van der Waals surface area contributed by atoms with Crippen molar-refractivity contribution in [2.45, 2.75) is 57.5 Å². The summed E-state index contributed by atoms with van der Waals surface area (Å²) in [6.07, 6.45) is 3.68. The van der Waals surface area contributed by atoms with Gasteiger partial charge in [0.25, 0.3) is 8.32 Å². The largest absolute Gasteiger partial charge is 0.405 e. The Hall–Kier alpha value is -1.91. The monoisotopic (exact) mass is 381 g/mol. The molecule has 144 valence electrons. The van der Waals surface area contributed by atoms with Crippen LogP contribution in [0.3, 0.4) is 0 Å². The highest BCUT2D eigenvalue weighted by Crippen LogP contribution is 2.36. The molecular formula is C23H31NO2Si. The molecule has 0 aromatic heterocycles. The zero-order chi connectivity index (χ0) is 19.3. The van der Waals surface area contributed by atoms with Crippen molar-refractivity contribution in [3.05, 3.63) is 60.7 Å². The van der Waals surface area contributed by atoms with Crippen molar-refractivity contribution in [1.29, 1.82) is 0 Å². The third-order valence-electron chi connectivity index (χ3n) is 5.49. The molecule has 0 bridgehead atoms. The van der Waals surface area contributed by atoms with E-state index in [-0.39, 0.29) is 17.0 Å². The number of amides is 1. The van der Waals surface area contributed by atoms with E-state index in [1.807, 2.05) is 0 Å². The number of rotatable bonds is 5. The fraction of sp³-hybridized carbons (Fsp3) is 0.435. The molecule has 0 radical (unpaired) electrons. The van der Waals surface area contributed by atoms with E-state index in [4.69, 9.17) is 4.43 Å². The molecule has 1 fully saturated rings. The fourth-order valence-electron chi connectivity index (χ4n) is 4.16. The second kappa shape index (κ2) is 8.40. The van der Waals surface area contributed by atoms with Crippen molar-refractivity contribution in [3.8, 4) is 0 Å². The van der Waals surface area contributed by atoms with Crippen LogP contribution in [0.1, 0.15) is 46.5 Å². The Labute approximate surface area is 164 Å². The van der Waals surface area contributed by atoms with E-state index >= 15 is 0 Å². The molecule has 3 nitrogen and oxygen atoms in total. The second-order valence-electron chi connectivity index (χ2n) is 8.48. The number of nitrogens with one attached hydrogen (secondary N) is 1. The Bertz CT molecular complexity index is 700. The van der Waals surface area contributed by atoms with Gasteiger partial charge in [0.2, 0.25) is 5.91 Å². The lowest BCUT2D eigenvalue weighted by Gasteiger charge is -2.43. The van der Waals surface area contributed by atoms with Gasteiger partial charge in [-0.2, -0.15) is 0 Å². The van der Waals surface area contributed by atoms with Crippen molar-refractivity contribution in [2.24, 2.45) is 0 Å². The Balaban J connectivity index is 2.00. The molecule has 1 aliphatic rings. The Morgan fingerprint density at radius 1 is 0.963 bits per heavy atom. The second-order valence-corrected chi connectivity index (χ2v) is 12.8. The Kier molecular flexibility index (Phi) is 6.17. The van der Waals surface area contributed by atoms with Gasteiger partial charge in [-0.3, -0.25) is 4.79 Å². The predicted molar refractivity (Wildman–Crippen MR) is 114 cm³/mol. The molecule has 1 N–H and O–H groups in total. The molecular weight excluding hydrogens is 350 g/mol. The van der Waals surface area contributed by atoms with Crippen LogP contribution in [0.25, 0.3) is 0 Å². The average Bonchev–Trinajstić information content (AvgIpc) is 2.87. The molecule has 1 amide bonds. The molecule has 1 saturated heterocycles. The van der Waals surface area contributed by atoms with E-state index in [1.54, 1.807) is 0 Å². The average molecular weight is 382 g/mol. The molecule has 27 heavy (non-hydrogen) atoms. The van der Waals surface area contributed by atoms with E-state index < -0.39 is 8.32 Å². The zero-order valence-corrected chi connectivity index (χ0v) is 17.7. The van der Waals surface area contributed by atoms with Crippen molar-refractivity contribution < 1.29 is 9.22 Å². The third kappa shape index (κ3) is 4.33. The first-order valence-corrected chi connectivity index (χ1v) is 11.9. The summed E-state index contributed by atoms with van der Waals surface area (Å²) in [4.78, 5) is 12.0. The topological polar surface area (TPSA) is 38.3 Å². The highest BCUT2D eigenvalue weighted by molar-refractivity contribution is 6.99. The molecule has 4 heteroatoms. The van der Waals surface area contributed by atoms with Crippen molar-refractivity contribution in [3.63, 3.8) is 0 Å². The standard InChI is InChI=1S/C23H31NO2Si/c1-23(2,3)27(20-13-6-4-7-14-20,21-15-8-5-9-16-21)26-18-19-12-10-11-17-22(25)24-19/h4-9,13-16,19H,10-12,17-18H2,1-3H3,(H,24,25)/t19-/m0/s1. The fourth-order valence-corrected chi connectivity index (χ4v) is 8.77. The molecule has 2 aromatic carbocycles. The summed E-state index contributed by atoms with van der Waals surface area (Å²) in [5, 5.41) is 5.69. The van der Waals surface area contributed by atoms with Crippen molar-refractivity contribution in [2.75, 3.05) is 6.61 Å². The van der Waals surface area contributed by atoms with Crippen LogP contribution in [-0.4, -0.2) is 26.9 Å². The number of hydrogen-bond donors (Lipinski definition) is 1. The molecule has 2 aromatic rings. The molecule has 0 unspecified atom stereocenters. The molecule has 1 heterocycles. The molecule has 1 atom stereocenters. The van der Waals surface area contributed by atoms with Gasteiger partial charge in [-0.05, 0) is 28.3 Å². The lowest BCUT2D eigenvalue weighted by molar-refractivity contribution is -0.121. The number of carbonyl (C=O) groups is 1. The first-order chi connectivity index (χ1) is 12.9. The van der Waals surface area contributed by atoms with Gasteiger partial charge in [0, 0.05) is 6.42 Å². The van der Waals surface area contributed by atoms with Crippen LogP contribution in [0, 0.1) is 0 Å².